The topological polar surface area (TPSA) is 83.9 Å². The van der Waals surface area contributed by atoms with Crippen LogP contribution in [0, 0.1) is 5.92 Å². The van der Waals surface area contributed by atoms with E-state index in [1.54, 1.807) is 0 Å². The van der Waals surface area contributed by atoms with Gasteiger partial charge in [-0.15, -0.1) is 0 Å². The van der Waals surface area contributed by atoms with Gasteiger partial charge in [-0.2, -0.15) is 0 Å². The number of carboxylic acid groups (broad SMARTS) is 1. The van der Waals surface area contributed by atoms with Crippen molar-refractivity contribution in [1.82, 2.24) is 4.31 Å². The predicted molar refractivity (Wildman–Crippen MR) is 74.6 cm³/mol. The molecule has 22 heavy (non-hydrogen) atoms. The molecule has 0 saturated carbocycles. The van der Waals surface area contributed by atoms with E-state index < -0.39 is 34.9 Å². The van der Waals surface area contributed by atoms with Gasteiger partial charge >= 0.3 is 5.97 Å². The summed E-state index contributed by atoms with van der Waals surface area (Å²) in [6.45, 7) is 0.444. The Bertz CT molecular complexity index is 603. The van der Waals surface area contributed by atoms with E-state index in [0.717, 1.165) is 4.31 Å². The number of hydrogen-bond acceptors (Lipinski definition) is 4. The average molecular weight is 337 g/mol. The van der Waals surface area contributed by atoms with Crippen molar-refractivity contribution >= 4 is 16.0 Å². The maximum Gasteiger partial charge on any atom is 0.307 e. The number of nitrogens with zero attached hydrogens (tertiary/aromatic N) is 1. The first-order valence-electron chi connectivity index (χ1n) is 6.34. The lowest BCUT2D eigenvalue weighted by Gasteiger charge is -2.19. The van der Waals surface area contributed by atoms with E-state index in [4.69, 9.17) is 9.84 Å². The lowest BCUT2D eigenvalue weighted by Crippen LogP contribution is -2.33. The Morgan fingerprint density at radius 3 is 2.32 bits per heavy atom. The summed E-state index contributed by atoms with van der Waals surface area (Å²) in [6.07, 6.45) is -2.62. The van der Waals surface area contributed by atoms with Crippen LogP contribution < -0.4 is 4.74 Å². The fourth-order valence-electron chi connectivity index (χ4n) is 1.61. The molecule has 0 saturated heterocycles. The number of sulfonamides is 1. The summed E-state index contributed by atoms with van der Waals surface area (Å²) in [5.41, 5.74) is 0. The third-order valence-electron chi connectivity index (χ3n) is 2.86. The number of carboxylic acids is 1. The van der Waals surface area contributed by atoms with Gasteiger partial charge in [0.05, 0.1) is 10.8 Å². The molecule has 1 rings (SSSR count). The zero-order valence-electron chi connectivity index (χ0n) is 12.1. The van der Waals surface area contributed by atoms with Crippen molar-refractivity contribution in [3.63, 3.8) is 0 Å². The summed E-state index contributed by atoms with van der Waals surface area (Å²) < 4.78 is 54.2. The fraction of sp³-hybridized carbons (Fsp3) is 0.462. The molecule has 0 aliphatic carbocycles. The second-order valence-corrected chi connectivity index (χ2v) is 6.74. The minimum atomic E-state index is -3.85. The lowest BCUT2D eigenvalue weighted by atomic mass is 10.2. The van der Waals surface area contributed by atoms with Crippen LogP contribution in [-0.4, -0.2) is 50.4 Å². The summed E-state index contributed by atoms with van der Waals surface area (Å²) in [4.78, 5) is 10.7. The molecular formula is C13H17F2NO5S. The van der Waals surface area contributed by atoms with Crippen LogP contribution in [0.2, 0.25) is 0 Å². The summed E-state index contributed by atoms with van der Waals surface area (Å²) >= 11 is 0. The molecule has 0 fully saturated rings. The van der Waals surface area contributed by atoms with Crippen LogP contribution in [-0.2, 0) is 14.8 Å². The molecule has 0 bridgehead atoms. The second kappa shape index (κ2) is 7.50. The molecule has 0 amide bonds. The number of halogens is 2. The van der Waals surface area contributed by atoms with Crippen molar-refractivity contribution in [3.05, 3.63) is 24.3 Å². The molecule has 1 N–H and O–H groups in total. The third kappa shape index (κ3) is 4.92. The highest BCUT2D eigenvalue weighted by atomic mass is 32.2. The Morgan fingerprint density at radius 2 is 1.86 bits per heavy atom. The van der Waals surface area contributed by atoms with E-state index in [1.165, 1.54) is 38.2 Å². The van der Waals surface area contributed by atoms with Crippen molar-refractivity contribution in [3.8, 4) is 5.75 Å². The van der Waals surface area contributed by atoms with Gasteiger partial charge in [-0.05, 0) is 24.3 Å². The van der Waals surface area contributed by atoms with E-state index in [1.807, 2.05) is 0 Å². The molecule has 6 nitrogen and oxygen atoms in total. The van der Waals surface area contributed by atoms with Crippen LogP contribution in [0.15, 0.2) is 29.2 Å². The first-order chi connectivity index (χ1) is 10.1. The van der Waals surface area contributed by atoms with Gasteiger partial charge in [-0.25, -0.2) is 21.5 Å². The first kappa shape index (κ1) is 18.3. The van der Waals surface area contributed by atoms with Gasteiger partial charge in [0, 0.05) is 13.6 Å². The monoisotopic (exact) mass is 337 g/mol. The van der Waals surface area contributed by atoms with E-state index in [0.29, 0.717) is 0 Å². The number of benzene rings is 1. The van der Waals surface area contributed by atoms with Crippen molar-refractivity contribution in [2.75, 3.05) is 20.2 Å². The summed E-state index contributed by atoms with van der Waals surface area (Å²) in [5, 5.41) is 8.81. The molecule has 0 heterocycles. The maximum absolute atomic E-state index is 12.2. The summed E-state index contributed by atoms with van der Waals surface area (Å²) in [6, 6.07) is 4.98. The molecule has 1 atom stereocenters. The van der Waals surface area contributed by atoms with Crippen LogP contribution >= 0.6 is 0 Å². The Kier molecular flexibility index (Phi) is 6.24. The number of rotatable bonds is 8. The Hall–Kier alpha value is -1.74. The predicted octanol–water partition coefficient (Wildman–Crippen LogP) is 1.67. The molecule has 0 spiro atoms. The van der Waals surface area contributed by atoms with Crippen molar-refractivity contribution in [2.24, 2.45) is 5.92 Å². The van der Waals surface area contributed by atoms with Crippen LogP contribution in [0.3, 0.4) is 0 Å². The van der Waals surface area contributed by atoms with Gasteiger partial charge in [0.2, 0.25) is 10.0 Å². The lowest BCUT2D eigenvalue weighted by molar-refractivity contribution is -0.141. The number of alkyl halides is 2. The normalized spacial score (nSPS) is 13.4. The molecule has 1 aromatic rings. The first-order valence-corrected chi connectivity index (χ1v) is 7.78. The molecule has 9 heteroatoms. The van der Waals surface area contributed by atoms with Gasteiger partial charge in [0.25, 0.3) is 6.43 Å². The molecule has 1 aromatic carbocycles. The van der Waals surface area contributed by atoms with E-state index in [9.17, 15) is 22.0 Å². The molecular weight excluding hydrogens is 320 g/mol. The minimum Gasteiger partial charge on any atom is -0.488 e. The van der Waals surface area contributed by atoms with Crippen molar-refractivity contribution in [1.29, 1.82) is 0 Å². The van der Waals surface area contributed by atoms with Gasteiger partial charge < -0.3 is 9.84 Å². The second-order valence-electron chi connectivity index (χ2n) is 4.70. The van der Waals surface area contributed by atoms with Gasteiger partial charge in [0.15, 0.2) is 0 Å². The van der Waals surface area contributed by atoms with Crippen LogP contribution in [0.5, 0.6) is 5.75 Å². The Labute approximate surface area is 127 Å². The zero-order chi connectivity index (χ0) is 16.9. The third-order valence-corrected chi connectivity index (χ3v) is 4.70. The van der Waals surface area contributed by atoms with Crippen molar-refractivity contribution in [2.45, 2.75) is 18.2 Å². The Balaban J connectivity index is 2.82. The van der Waals surface area contributed by atoms with Gasteiger partial charge in [0.1, 0.15) is 12.4 Å². The van der Waals surface area contributed by atoms with Crippen LogP contribution in [0.4, 0.5) is 8.78 Å². The number of ether oxygens (including phenoxy) is 1. The minimum absolute atomic E-state index is 0.0722. The average Bonchev–Trinajstić information content (AvgIpc) is 2.45. The SMILES string of the molecule is CC(CN(C)S(=O)(=O)c1ccc(OCC(F)F)cc1)C(=O)O. The molecule has 0 radical (unpaired) electrons. The van der Waals surface area contributed by atoms with E-state index in [2.05, 4.69) is 0 Å². The molecule has 0 aliphatic rings. The fourth-order valence-corrected chi connectivity index (χ4v) is 2.87. The van der Waals surface area contributed by atoms with Gasteiger partial charge in [-0.1, -0.05) is 6.92 Å². The maximum atomic E-state index is 12.2. The quantitative estimate of drug-likeness (QED) is 0.780. The smallest absolute Gasteiger partial charge is 0.307 e. The molecule has 0 aromatic heterocycles. The number of aliphatic carboxylic acids is 1. The summed E-state index contributed by atoms with van der Waals surface area (Å²) in [7, 11) is -2.58. The molecule has 1 unspecified atom stereocenters. The largest absolute Gasteiger partial charge is 0.488 e. The highest BCUT2D eigenvalue weighted by Gasteiger charge is 2.24. The Morgan fingerprint density at radius 1 is 1.32 bits per heavy atom. The number of carbonyl (C=O) groups is 1. The summed E-state index contributed by atoms with van der Waals surface area (Å²) in [5.74, 6) is -1.83. The highest BCUT2D eigenvalue weighted by Crippen LogP contribution is 2.20. The zero-order valence-corrected chi connectivity index (χ0v) is 12.9. The van der Waals surface area contributed by atoms with Crippen molar-refractivity contribution < 1.29 is 31.8 Å². The molecule has 0 aliphatic heterocycles. The van der Waals surface area contributed by atoms with Gasteiger partial charge in [-0.3, -0.25) is 4.79 Å². The van der Waals surface area contributed by atoms with E-state index in [-0.39, 0.29) is 17.2 Å². The van der Waals surface area contributed by atoms with E-state index >= 15 is 0 Å². The highest BCUT2D eigenvalue weighted by molar-refractivity contribution is 7.89. The van der Waals surface area contributed by atoms with Crippen LogP contribution in [0.25, 0.3) is 0 Å². The van der Waals surface area contributed by atoms with Crippen LogP contribution in [0.1, 0.15) is 6.92 Å². The molecule has 124 valence electrons. The standard InChI is InChI=1S/C13H17F2NO5S/c1-9(13(17)18)7-16(2)22(19,20)11-5-3-10(4-6-11)21-8-12(14)15/h3-6,9,12H,7-8H2,1-2H3,(H,17,18). The number of hydrogen-bond donors (Lipinski definition) is 1.